The molecule has 1 unspecified atom stereocenters. The molecule has 0 aliphatic rings. The van der Waals surface area contributed by atoms with Crippen LogP contribution >= 0.6 is 23.2 Å². The summed E-state index contributed by atoms with van der Waals surface area (Å²) in [5.74, 6) is 1.13. The molecule has 0 spiro atoms. The second-order valence-electron chi connectivity index (χ2n) is 4.26. The van der Waals surface area contributed by atoms with Crippen LogP contribution in [0.15, 0.2) is 24.3 Å². The van der Waals surface area contributed by atoms with E-state index in [4.69, 9.17) is 27.9 Å². The molecular weight excluding hydrogens is 255 g/mol. The summed E-state index contributed by atoms with van der Waals surface area (Å²) in [6.07, 6.45) is 3.05. The van der Waals surface area contributed by atoms with E-state index in [1.165, 1.54) is 5.56 Å². The first-order valence-electron chi connectivity index (χ1n) is 6.14. The molecule has 0 aliphatic carbocycles. The molecule has 96 valence electrons. The van der Waals surface area contributed by atoms with E-state index in [9.17, 15) is 0 Å². The van der Waals surface area contributed by atoms with Gasteiger partial charge in [0.05, 0.1) is 0 Å². The van der Waals surface area contributed by atoms with Crippen LogP contribution < -0.4 is 0 Å². The molecule has 0 aliphatic heterocycles. The van der Waals surface area contributed by atoms with Gasteiger partial charge < -0.3 is 4.74 Å². The normalized spacial score (nSPS) is 12.6. The summed E-state index contributed by atoms with van der Waals surface area (Å²) in [5, 5.41) is 0.790. The molecule has 0 bridgehead atoms. The van der Waals surface area contributed by atoms with Gasteiger partial charge in [0.25, 0.3) is 0 Å². The number of benzene rings is 1. The third-order valence-corrected chi connectivity index (χ3v) is 3.32. The van der Waals surface area contributed by atoms with Crippen molar-refractivity contribution in [2.45, 2.75) is 26.2 Å². The first-order chi connectivity index (χ1) is 8.26. The van der Waals surface area contributed by atoms with Crippen molar-refractivity contribution in [2.75, 3.05) is 19.1 Å². The molecule has 0 fully saturated rings. The fraction of sp³-hybridized carbons (Fsp3) is 0.571. The van der Waals surface area contributed by atoms with Gasteiger partial charge in [-0.1, -0.05) is 30.7 Å². The number of hydrogen-bond acceptors (Lipinski definition) is 1. The van der Waals surface area contributed by atoms with Crippen LogP contribution in [-0.4, -0.2) is 19.1 Å². The third-order valence-electron chi connectivity index (χ3n) is 2.65. The van der Waals surface area contributed by atoms with Crippen LogP contribution in [-0.2, 0) is 11.2 Å². The minimum atomic E-state index is 0.465. The van der Waals surface area contributed by atoms with Crippen LogP contribution in [0.3, 0.4) is 0 Å². The molecule has 1 aromatic rings. The number of rotatable bonds is 8. The lowest BCUT2D eigenvalue weighted by atomic mass is 9.98. The van der Waals surface area contributed by atoms with E-state index in [0.717, 1.165) is 37.5 Å². The van der Waals surface area contributed by atoms with Crippen molar-refractivity contribution >= 4 is 23.2 Å². The van der Waals surface area contributed by atoms with E-state index in [-0.39, 0.29) is 0 Å². The summed E-state index contributed by atoms with van der Waals surface area (Å²) in [7, 11) is 0. The predicted octanol–water partition coefficient (Wildman–Crippen LogP) is 4.55. The molecular formula is C14H20Cl2O. The highest BCUT2D eigenvalue weighted by Crippen LogP contribution is 2.17. The fourth-order valence-electron chi connectivity index (χ4n) is 1.73. The second kappa shape index (κ2) is 8.79. The largest absolute Gasteiger partial charge is 0.381 e. The van der Waals surface area contributed by atoms with Gasteiger partial charge in [0.1, 0.15) is 0 Å². The highest BCUT2D eigenvalue weighted by atomic mass is 35.5. The van der Waals surface area contributed by atoms with E-state index in [1.807, 2.05) is 18.2 Å². The Hall–Kier alpha value is -0.240. The molecule has 0 N–H and O–H groups in total. The minimum Gasteiger partial charge on any atom is -0.381 e. The van der Waals surface area contributed by atoms with E-state index < -0.39 is 0 Å². The first kappa shape index (κ1) is 14.8. The van der Waals surface area contributed by atoms with Gasteiger partial charge in [0.15, 0.2) is 0 Å². The molecule has 0 amide bonds. The average molecular weight is 275 g/mol. The minimum absolute atomic E-state index is 0.465. The average Bonchev–Trinajstić information content (AvgIpc) is 2.33. The number of halogens is 2. The van der Waals surface area contributed by atoms with Crippen molar-refractivity contribution in [1.29, 1.82) is 0 Å². The summed E-state index contributed by atoms with van der Waals surface area (Å²) in [6, 6.07) is 7.98. The number of hydrogen-bond donors (Lipinski definition) is 0. The quantitative estimate of drug-likeness (QED) is 0.499. The van der Waals surface area contributed by atoms with E-state index in [2.05, 4.69) is 13.0 Å². The maximum Gasteiger partial charge on any atom is 0.0469 e. The van der Waals surface area contributed by atoms with Gasteiger partial charge in [-0.15, -0.1) is 11.6 Å². The molecule has 3 heteroatoms. The Bertz CT molecular complexity index is 315. The molecule has 1 aromatic carbocycles. The monoisotopic (exact) mass is 274 g/mol. The van der Waals surface area contributed by atoms with Gasteiger partial charge in [-0.3, -0.25) is 0 Å². The lowest BCUT2D eigenvalue weighted by Gasteiger charge is -2.14. The Balaban J connectivity index is 2.35. The molecule has 0 radical (unpaired) electrons. The Kier molecular flexibility index (Phi) is 7.67. The van der Waals surface area contributed by atoms with E-state index in [1.54, 1.807) is 0 Å². The zero-order valence-corrected chi connectivity index (χ0v) is 11.8. The van der Waals surface area contributed by atoms with Gasteiger partial charge in [0, 0.05) is 24.1 Å². The first-order valence-corrected chi connectivity index (χ1v) is 7.05. The van der Waals surface area contributed by atoms with Crippen LogP contribution in [0.1, 0.15) is 25.3 Å². The zero-order chi connectivity index (χ0) is 12.5. The number of alkyl halides is 1. The van der Waals surface area contributed by atoms with Crippen molar-refractivity contribution in [3.8, 4) is 0 Å². The Morgan fingerprint density at radius 3 is 2.76 bits per heavy atom. The molecule has 1 rings (SSSR count). The molecule has 0 saturated carbocycles. The third kappa shape index (κ3) is 6.30. The highest BCUT2D eigenvalue weighted by Gasteiger charge is 2.08. The zero-order valence-electron chi connectivity index (χ0n) is 10.3. The molecule has 1 atom stereocenters. The van der Waals surface area contributed by atoms with Crippen molar-refractivity contribution in [3.63, 3.8) is 0 Å². The fourth-order valence-corrected chi connectivity index (χ4v) is 2.20. The van der Waals surface area contributed by atoms with E-state index >= 15 is 0 Å². The van der Waals surface area contributed by atoms with Crippen molar-refractivity contribution in [1.82, 2.24) is 0 Å². The summed E-state index contributed by atoms with van der Waals surface area (Å²) in [6.45, 7) is 3.75. The maximum absolute atomic E-state index is 5.98. The Morgan fingerprint density at radius 1 is 1.29 bits per heavy atom. The molecule has 0 aromatic heterocycles. The van der Waals surface area contributed by atoms with Crippen molar-refractivity contribution in [3.05, 3.63) is 34.9 Å². The second-order valence-corrected chi connectivity index (χ2v) is 5.00. The lowest BCUT2D eigenvalue weighted by molar-refractivity contribution is 0.122. The van der Waals surface area contributed by atoms with Crippen molar-refractivity contribution < 1.29 is 4.74 Å². The van der Waals surface area contributed by atoms with Crippen LogP contribution in [0, 0.1) is 5.92 Å². The molecule has 0 saturated heterocycles. The van der Waals surface area contributed by atoms with Gasteiger partial charge in [0.2, 0.25) is 0 Å². The van der Waals surface area contributed by atoms with Gasteiger partial charge in [-0.05, 0) is 42.9 Å². The SMILES string of the molecule is CCCOCCC(CCl)Cc1cccc(Cl)c1. The summed E-state index contributed by atoms with van der Waals surface area (Å²) >= 11 is 11.9. The summed E-state index contributed by atoms with van der Waals surface area (Å²) in [5.41, 5.74) is 1.25. The lowest BCUT2D eigenvalue weighted by Crippen LogP contribution is -2.10. The van der Waals surface area contributed by atoms with Crippen molar-refractivity contribution in [2.24, 2.45) is 5.92 Å². The van der Waals surface area contributed by atoms with Crippen LogP contribution in [0.4, 0.5) is 0 Å². The smallest absolute Gasteiger partial charge is 0.0469 e. The molecule has 0 heterocycles. The van der Waals surface area contributed by atoms with E-state index in [0.29, 0.717) is 11.8 Å². The van der Waals surface area contributed by atoms with Crippen LogP contribution in [0.5, 0.6) is 0 Å². The maximum atomic E-state index is 5.98. The summed E-state index contributed by atoms with van der Waals surface area (Å²) < 4.78 is 5.49. The Morgan fingerprint density at radius 2 is 2.12 bits per heavy atom. The van der Waals surface area contributed by atoms with Gasteiger partial charge >= 0.3 is 0 Å². The summed E-state index contributed by atoms with van der Waals surface area (Å²) in [4.78, 5) is 0. The molecule has 1 nitrogen and oxygen atoms in total. The highest BCUT2D eigenvalue weighted by molar-refractivity contribution is 6.30. The topological polar surface area (TPSA) is 9.23 Å². The van der Waals surface area contributed by atoms with Gasteiger partial charge in [-0.25, -0.2) is 0 Å². The van der Waals surface area contributed by atoms with Crippen LogP contribution in [0.25, 0.3) is 0 Å². The predicted molar refractivity (Wildman–Crippen MR) is 75.1 cm³/mol. The van der Waals surface area contributed by atoms with Gasteiger partial charge in [-0.2, -0.15) is 0 Å². The molecule has 17 heavy (non-hydrogen) atoms. The van der Waals surface area contributed by atoms with Crippen LogP contribution in [0.2, 0.25) is 5.02 Å². The number of ether oxygens (including phenoxy) is 1. The standard InChI is InChI=1S/C14H20Cl2O/c1-2-7-17-8-6-13(11-15)9-12-4-3-5-14(16)10-12/h3-5,10,13H,2,6-9,11H2,1H3. The Labute approximate surface area is 114 Å².